The molecule has 0 fully saturated rings. The molecule has 102 valence electrons. The highest BCUT2D eigenvalue weighted by molar-refractivity contribution is 5.49. The number of nitrogens with zero attached hydrogens (tertiary/aromatic N) is 4. The Morgan fingerprint density at radius 3 is 2.70 bits per heavy atom. The number of rotatable bonds is 5. The first kappa shape index (κ1) is 13.8. The van der Waals surface area contributed by atoms with Crippen LogP contribution < -0.4 is 10.2 Å². The molecule has 0 spiro atoms. The first-order valence-corrected chi connectivity index (χ1v) is 6.40. The fraction of sp³-hybridized carbons (Fsp3) is 0.267. The molecule has 20 heavy (non-hydrogen) atoms. The van der Waals surface area contributed by atoms with Crippen LogP contribution in [0.3, 0.4) is 0 Å². The lowest BCUT2D eigenvalue weighted by Crippen LogP contribution is -2.18. The molecule has 0 aliphatic carbocycles. The molecule has 2 rings (SSSR count). The molecule has 0 amide bonds. The van der Waals surface area contributed by atoms with Crippen molar-refractivity contribution < 1.29 is 0 Å². The van der Waals surface area contributed by atoms with Crippen LogP contribution in [0.2, 0.25) is 0 Å². The lowest BCUT2D eigenvalue weighted by Gasteiger charge is -2.19. The molecule has 0 aliphatic heterocycles. The molecule has 1 heterocycles. The van der Waals surface area contributed by atoms with Gasteiger partial charge < -0.3 is 10.2 Å². The fourth-order valence-electron chi connectivity index (χ4n) is 1.91. The van der Waals surface area contributed by atoms with Gasteiger partial charge in [0, 0.05) is 19.7 Å². The van der Waals surface area contributed by atoms with Crippen molar-refractivity contribution in [1.29, 1.82) is 5.26 Å². The number of nitriles is 1. The van der Waals surface area contributed by atoms with E-state index in [1.54, 1.807) is 0 Å². The predicted molar refractivity (Wildman–Crippen MR) is 79.4 cm³/mol. The van der Waals surface area contributed by atoms with Gasteiger partial charge in [0.05, 0.1) is 6.07 Å². The Morgan fingerprint density at radius 2 is 2.00 bits per heavy atom. The maximum atomic E-state index is 8.60. The lowest BCUT2D eigenvalue weighted by atomic mass is 10.2. The first-order chi connectivity index (χ1) is 9.69. The van der Waals surface area contributed by atoms with E-state index in [0.29, 0.717) is 11.6 Å². The smallest absolute Gasteiger partial charge is 0.134 e. The number of hydrogen-bond donors (Lipinski definition) is 1. The highest BCUT2D eigenvalue weighted by Gasteiger charge is 2.07. The van der Waals surface area contributed by atoms with E-state index in [1.807, 2.05) is 44.3 Å². The second kappa shape index (κ2) is 6.53. The van der Waals surface area contributed by atoms with Gasteiger partial charge in [0.1, 0.15) is 24.0 Å². The van der Waals surface area contributed by atoms with E-state index in [-0.39, 0.29) is 6.54 Å². The number of nitrogens with one attached hydrogen (secondary N) is 1. The van der Waals surface area contributed by atoms with Crippen LogP contribution in [0.5, 0.6) is 0 Å². The van der Waals surface area contributed by atoms with Crippen molar-refractivity contribution in [3.05, 3.63) is 47.8 Å². The van der Waals surface area contributed by atoms with E-state index in [4.69, 9.17) is 5.26 Å². The number of benzene rings is 1. The second-order valence-electron chi connectivity index (χ2n) is 4.51. The fourth-order valence-corrected chi connectivity index (χ4v) is 1.91. The Balaban J connectivity index is 2.15. The van der Waals surface area contributed by atoms with Crippen LogP contribution >= 0.6 is 0 Å². The Morgan fingerprint density at radius 1 is 1.25 bits per heavy atom. The third kappa shape index (κ3) is 3.69. The summed E-state index contributed by atoms with van der Waals surface area (Å²) in [5, 5.41) is 11.6. The second-order valence-corrected chi connectivity index (χ2v) is 4.51. The number of aryl methyl sites for hydroxylation is 1. The quantitative estimate of drug-likeness (QED) is 0.842. The summed E-state index contributed by atoms with van der Waals surface area (Å²) in [6.45, 7) is 2.85. The summed E-state index contributed by atoms with van der Waals surface area (Å²) in [6.07, 6.45) is 0. The zero-order valence-electron chi connectivity index (χ0n) is 11.7. The van der Waals surface area contributed by atoms with Crippen LogP contribution in [0.4, 0.5) is 11.6 Å². The highest BCUT2D eigenvalue weighted by atomic mass is 15.2. The maximum absolute atomic E-state index is 8.60. The van der Waals surface area contributed by atoms with Crippen molar-refractivity contribution >= 4 is 11.6 Å². The summed E-state index contributed by atoms with van der Waals surface area (Å²) in [5.41, 5.74) is 1.22. The largest absolute Gasteiger partial charge is 0.357 e. The number of aromatic nitrogens is 2. The van der Waals surface area contributed by atoms with Gasteiger partial charge in [-0.2, -0.15) is 5.26 Å². The van der Waals surface area contributed by atoms with E-state index in [0.717, 1.165) is 12.4 Å². The highest BCUT2D eigenvalue weighted by Crippen LogP contribution is 2.16. The molecule has 0 radical (unpaired) electrons. The van der Waals surface area contributed by atoms with Crippen LogP contribution in [-0.4, -0.2) is 23.6 Å². The van der Waals surface area contributed by atoms with Gasteiger partial charge in [-0.1, -0.05) is 30.3 Å². The number of anilines is 2. The lowest BCUT2D eigenvalue weighted by molar-refractivity contribution is 0.879. The van der Waals surface area contributed by atoms with Crippen molar-refractivity contribution in [1.82, 2.24) is 9.97 Å². The van der Waals surface area contributed by atoms with Crippen LogP contribution in [0.25, 0.3) is 0 Å². The molecule has 0 unspecified atom stereocenters. The Bertz CT molecular complexity index is 603. The summed E-state index contributed by atoms with van der Waals surface area (Å²) < 4.78 is 0. The van der Waals surface area contributed by atoms with Gasteiger partial charge in [-0.15, -0.1) is 0 Å². The van der Waals surface area contributed by atoms with Crippen molar-refractivity contribution in [3.8, 4) is 6.07 Å². The monoisotopic (exact) mass is 267 g/mol. The summed E-state index contributed by atoms with van der Waals surface area (Å²) in [5.74, 6) is 2.19. The van der Waals surface area contributed by atoms with Gasteiger partial charge in [0.2, 0.25) is 0 Å². The summed E-state index contributed by atoms with van der Waals surface area (Å²) in [4.78, 5) is 10.7. The van der Waals surface area contributed by atoms with Gasteiger partial charge in [-0.05, 0) is 12.5 Å². The third-order valence-electron chi connectivity index (χ3n) is 2.83. The summed E-state index contributed by atoms with van der Waals surface area (Å²) in [7, 11) is 1.99. The number of hydrogen-bond acceptors (Lipinski definition) is 5. The van der Waals surface area contributed by atoms with E-state index in [2.05, 4.69) is 32.3 Å². The minimum Gasteiger partial charge on any atom is -0.357 e. The Kier molecular flexibility index (Phi) is 4.51. The topological polar surface area (TPSA) is 64.8 Å². The normalized spacial score (nSPS) is 9.85. The molecule has 0 atom stereocenters. The summed E-state index contributed by atoms with van der Waals surface area (Å²) >= 11 is 0. The van der Waals surface area contributed by atoms with Gasteiger partial charge in [0.25, 0.3) is 0 Å². The van der Waals surface area contributed by atoms with Crippen molar-refractivity contribution in [2.75, 3.05) is 23.8 Å². The van der Waals surface area contributed by atoms with Gasteiger partial charge >= 0.3 is 0 Å². The van der Waals surface area contributed by atoms with Crippen molar-refractivity contribution in [2.24, 2.45) is 0 Å². The Hall–Kier alpha value is -2.61. The molecular weight excluding hydrogens is 250 g/mol. The van der Waals surface area contributed by atoms with Gasteiger partial charge in [0.15, 0.2) is 0 Å². The average Bonchev–Trinajstić information content (AvgIpc) is 2.45. The molecule has 1 N–H and O–H groups in total. The molecule has 0 saturated carbocycles. The third-order valence-corrected chi connectivity index (χ3v) is 2.83. The van der Waals surface area contributed by atoms with E-state index in [1.165, 1.54) is 5.56 Å². The predicted octanol–water partition coefficient (Wildman–Crippen LogP) is 2.36. The minimum atomic E-state index is 0.234. The molecule has 5 heteroatoms. The van der Waals surface area contributed by atoms with Gasteiger partial charge in [-0.25, -0.2) is 9.97 Å². The Labute approximate surface area is 118 Å². The molecule has 2 aromatic rings. The standard InChI is InChI=1S/C15H17N5/c1-12-18-14(17-9-8-16)10-15(19-12)20(2)11-13-6-4-3-5-7-13/h3-7,10H,9,11H2,1-2H3,(H,17,18,19). The van der Waals surface area contributed by atoms with Crippen LogP contribution in [0.1, 0.15) is 11.4 Å². The van der Waals surface area contributed by atoms with E-state index in [9.17, 15) is 0 Å². The molecule has 1 aromatic heterocycles. The molecule has 0 saturated heterocycles. The first-order valence-electron chi connectivity index (χ1n) is 6.40. The maximum Gasteiger partial charge on any atom is 0.134 e. The minimum absolute atomic E-state index is 0.234. The van der Waals surface area contributed by atoms with Crippen LogP contribution in [-0.2, 0) is 6.54 Å². The van der Waals surface area contributed by atoms with Crippen LogP contribution in [0.15, 0.2) is 36.4 Å². The van der Waals surface area contributed by atoms with Crippen molar-refractivity contribution in [2.45, 2.75) is 13.5 Å². The zero-order valence-corrected chi connectivity index (χ0v) is 11.7. The van der Waals surface area contributed by atoms with E-state index >= 15 is 0 Å². The molecule has 0 aliphatic rings. The van der Waals surface area contributed by atoms with Crippen molar-refractivity contribution in [3.63, 3.8) is 0 Å². The zero-order chi connectivity index (χ0) is 14.4. The van der Waals surface area contributed by atoms with Gasteiger partial charge in [-0.3, -0.25) is 0 Å². The van der Waals surface area contributed by atoms with E-state index < -0.39 is 0 Å². The molecule has 0 bridgehead atoms. The molecule has 1 aromatic carbocycles. The molecular formula is C15H17N5. The van der Waals surface area contributed by atoms with Crippen LogP contribution in [0, 0.1) is 18.3 Å². The SMILES string of the molecule is Cc1nc(NCC#N)cc(N(C)Cc2ccccc2)n1. The summed E-state index contributed by atoms with van der Waals surface area (Å²) in [6, 6.07) is 14.1. The average molecular weight is 267 g/mol. The molecule has 5 nitrogen and oxygen atoms in total.